The number of hydrogen-bond acceptors (Lipinski definition) is 3. The van der Waals surface area contributed by atoms with Crippen molar-refractivity contribution in [3.8, 4) is 0 Å². The molecule has 2 aromatic carbocycles. The number of hydrogen-bond donors (Lipinski definition) is 1. The lowest BCUT2D eigenvalue weighted by Crippen LogP contribution is -2.48. The molecule has 208 valence electrons. The summed E-state index contributed by atoms with van der Waals surface area (Å²) in [6, 6.07) is 6.43. The molecule has 0 unspecified atom stereocenters. The molecule has 1 aliphatic rings. The Morgan fingerprint density at radius 1 is 0.947 bits per heavy atom. The summed E-state index contributed by atoms with van der Waals surface area (Å²) in [5.41, 5.74) is -3.56. The third-order valence-electron chi connectivity index (χ3n) is 6.01. The molecule has 2 atom stereocenters. The van der Waals surface area contributed by atoms with Crippen LogP contribution in [0.2, 0.25) is 0 Å². The van der Waals surface area contributed by atoms with E-state index in [0.29, 0.717) is 17.7 Å². The van der Waals surface area contributed by atoms with Gasteiger partial charge in [-0.15, -0.1) is 0 Å². The zero-order chi connectivity index (χ0) is 28.5. The van der Waals surface area contributed by atoms with Crippen LogP contribution in [0.25, 0.3) is 0 Å². The number of nitrogens with one attached hydrogen (secondary N) is 1. The molecule has 0 aromatic heterocycles. The molecule has 3 rings (SSSR count). The van der Waals surface area contributed by atoms with Gasteiger partial charge in [0.1, 0.15) is 11.4 Å². The van der Waals surface area contributed by atoms with Crippen molar-refractivity contribution in [1.82, 2.24) is 10.2 Å². The van der Waals surface area contributed by atoms with Crippen molar-refractivity contribution >= 4 is 12.0 Å². The number of amides is 2. The molecule has 0 aliphatic carbocycles. The molecule has 1 heterocycles. The first-order chi connectivity index (χ1) is 17.4. The number of ether oxygens (including phenoxy) is 1. The van der Waals surface area contributed by atoms with Crippen molar-refractivity contribution in [2.75, 3.05) is 13.1 Å². The van der Waals surface area contributed by atoms with Crippen LogP contribution < -0.4 is 5.32 Å². The van der Waals surface area contributed by atoms with Gasteiger partial charge < -0.3 is 15.0 Å². The van der Waals surface area contributed by atoms with Gasteiger partial charge in [0.2, 0.25) is 5.91 Å². The molecular weight excluding hydrogens is 521 g/mol. The second-order valence-corrected chi connectivity index (χ2v) is 10.1. The number of halogens is 7. The molecule has 0 spiro atoms. The summed E-state index contributed by atoms with van der Waals surface area (Å²) >= 11 is 0. The summed E-state index contributed by atoms with van der Waals surface area (Å²) in [4.78, 5) is 27.2. The van der Waals surface area contributed by atoms with Crippen LogP contribution in [-0.2, 0) is 28.4 Å². The van der Waals surface area contributed by atoms with Gasteiger partial charge in [0.25, 0.3) is 0 Å². The van der Waals surface area contributed by atoms with E-state index in [9.17, 15) is 40.3 Å². The highest BCUT2D eigenvalue weighted by Crippen LogP contribution is 2.37. The highest BCUT2D eigenvalue weighted by Gasteiger charge is 2.39. The lowest BCUT2D eigenvalue weighted by molar-refractivity contribution is -0.143. The lowest BCUT2D eigenvalue weighted by atomic mass is 9.80. The minimum absolute atomic E-state index is 0.0161. The molecule has 1 N–H and O–H groups in total. The average molecular weight is 548 g/mol. The van der Waals surface area contributed by atoms with Crippen molar-refractivity contribution in [1.29, 1.82) is 0 Å². The molecule has 0 saturated carbocycles. The van der Waals surface area contributed by atoms with Crippen LogP contribution in [0.15, 0.2) is 42.5 Å². The van der Waals surface area contributed by atoms with Crippen LogP contribution in [0.1, 0.15) is 55.4 Å². The number of rotatable bonds is 4. The number of piperidine rings is 1. The number of alkyl halides is 6. The normalized spacial score (nSPS) is 18.7. The third-order valence-corrected chi connectivity index (χ3v) is 6.01. The molecule has 2 amide bonds. The molecule has 0 radical (unpaired) electrons. The van der Waals surface area contributed by atoms with Gasteiger partial charge in [-0.05, 0) is 68.7 Å². The average Bonchev–Trinajstić information content (AvgIpc) is 2.80. The quantitative estimate of drug-likeness (QED) is 0.443. The summed E-state index contributed by atoms with van der Waals surface area (Å²) in [6.07, 6.45) is -10.5. The molecule has 1 saturated heterocycles. The van der Waals surface area contributed by atoms with E-state index in [-0.39, 0.29) is 31.1 Å². The summed E-state index contributed by atoms with van der Waals surface area (Å²) in [5, 5.41) is 2.44. The Morgan fingerprint density at radius 2 is 1.50 bits per heavy atom. The van der Waals surface area contributed by atoms with E-state index in [2.05, 4.69) is 5.32 Å². The largest absolute Gasteiger partial charge is 0.444 e. The van der Waals surface area contributed by atoms with Gasteiger partial charge in [-0.25, -0.2) is 9.18 Å². The Kier molecular flexibility index (Phi) is 8.33. The van der Waals surface area contributed by atoms with Crippen LogP contribution in [0.4, 0.5) is 35.5 Å². The Bertz CT molecular complexity index is 1120. The van der Waals surface area contributed by atoms with Crippen LogP contribution in [0, 0.1) is 11.7 Å². The number of benzene rings is 2. The van der Waals surface area contributed by atoms with Crippen molar-refractivity contribution in [3.63, 3.8) is 0 Å². The van der Waals surface area contributed by atoms with E-state index in [1.165, 1.54) is 29.2 Å². The fourth-order valence-corrected chi connectivity index (χ4v) is 4.25. The van der Waals surface area contributed by atoms with Crippen molar-refractivity contribution in [3.05, 3.63) is 70.5 Å². The van der Waals surface area contributed by atoms with Gasteiger partial charge in [0.05, 0.1) is 11.1 Å². The molecular formula is C26H27F7N2O3. The Balaban J connectivity index is 1.82. The van der Waals surface area contributed by atoms with Crippen molar-refractivity contribution in [2.24, 2.45) is 5.92 Å². The molecule has 1 fully saturated rings. The number of likely N-dealkylation sites (tertiary alicyclic amines) is 1. The van der Waals surface area contributed by atoms with Gasteiger partial charge in [-0.1, -0.05) is 12.1 Å². The van der Waals surface area contributed by atoms with Crippen molar-refractivity contribution < 1.29 is 45.1 Å². The van der Waals surface area contributed by atoms with Crippen LogP contribution in [0.3, 0.4) is 0 Å². The number of nitrogens with zero attached hydrogens (tertiary/aromatic N) is 1. The van der Waals surface area contributed by atoms with E-state index in [1.54, 1.807) is 20.8 Å². The van der Waals surface area contributed by atoms with E-state index in [1.807, 2.05) is 0 Å². The monoisotopic (exact) mass is 548 g/mol. The van der Waals surface area contributed by atoms with Crippen LogP contribution >= 0.6 is 0 Å². The van der Waals surface area contributed by atoms with E-state index < -0.39 is 65.3 Å². The molecule has 2 aromatic rings. The first-order valence-electron chi connectivity index (χ1n) is 11.7. The number of carbonyl (C=O) groups excluding carboxylic acids is 2. The van der Waals surface area contributed by atoms with Gasteiger partial charge in [-0.2, -0.15) is 26.3 Å². The SMILES string of the molecule is CC(C)(C)OC(=O)N1CC[C@H](C(=O)NCc2cc(C(F)(F)F)cc(C(F)(F)F)c2)[C@H](c2ccc(F)cc2)C1. The Hall–Kier alpha value is -3.31. The number of carbonyl (C=O) groups is 2. The molecule has 0 bridgehead atoms. The van der Waals surface area contributed by atoms with Gasteiger partial charge in [0, 0.05) is 31.5 Å². The predicted molar refractivity (Wildman–Crippen MR) is 123 cm³/mol. The Morgan fingerprint density at radius 3 is 2.00 bits per heavy atom. The lowest BCUT2D eigenvalue weighted by Gasteiger charge is -2.38. The first kappa shape index (κ1) is 29.2. The maximum absolute atomic E-state index is 13.5. The predicted octanol–water partition coefficient (Wildman–Crippen LogP) is 6.52. The standard InChI is InChI=1S/C26H27F7N2O3/c1-24(2,3)38-23(37)35-9-8-20(21(14-35)16-4-6-19(27)7-5-16)22(36)34-13-15-10-17(25(28,29)30)12-18(11-15)26(31,32)33/h4-7,10-12,20-21H,8-9,13-14H2,1-3H3,(H,34,36)/t20-,21-/m0/s1. The zero-order valence-corrected chi connectivity index (χ0v) is 20.8. The van der Waals surface area contributed by atoms with Gasteiger partial charge >= 0.3 is 18.4 Å². The minimum Gasteiger partial charge on any atom is -0.444 e. The van der Waals surface area contributed by atoms with E-state index in [0.717, 1.165) is 0 Å². The van der Waals surface area contributed by atoms with E-state index >= 15 is 0 Å². The summed E-state index contributed by atoms with van der Waals surface area (Å²) < 4.78 is 98.0. The maximum Gasteiger partial charge on any atom is 0.416 e. The maximum atomic E-state index is 13.5. The molecule has 1 aliphatic heterocycles. The highest BCUT2D eigenvalue weighted by atomic mass is 19.4. The van der Waals surface area contributed by atoms with Gasteiger partial charge in [0.15, 0.2) is 0 Å². The fourth-order valence-electron chi connectivity index (χ4n) is 4.25. The van der Waals surface area contributed by atoms with Gasteiger partial charge in [-0.3, -0.25) is 4.79 Å². The molecule has 12 heteroatoms. The summed E-state index contributed by atoms with van der Waals surface area (Å²) in [7, 11) is 0. The third kappa shape index (κ3) is 7.61. The smallest absolute Gasteiger partial charge is 0.416 e. The molecule has 5 nitrogen and oxygen atoms in total. The second kappa shape index (κ2) is 10.8. The summed E-state index contributed by atoms with van der Waals surface area (Å²) in [6.45, 7) is 4.68. The summed E-state index contributed by atoms with van der Waals surface area (Å²) in [5.74, 6) is -2.54. The Labute approximate surface area is 214 Å². The highest BCUT2D eigenvalue weighted by molar-refractivity contribution is 5.80. The zero-order valence-electron chi connectivity index (χ0n) is 20.8. The fraction of sp³-hybridized carbons (Fsp3) is 0.462. The van der Waals surface area contributed by atoms with Crippen molar-refractivity contribution in [2.45, 2.75) is 57.6 Å². The van der Waals surface area contributed by atoms with Crippen LogP contribution in [-0.4, -0.2) is 35.6 Å². The topological polar surface area (TPSA) is 58.6 Å². The van der Waals surface area contributed by atoms with Crippen LogP contribution in [0.5, 0.6) is 0 Å². The second-order valence-electron chi connectivity index (χ2n) is 10.1. The molecule has 38 heavy (non-hydrogen) atoms. The van der Waals surface area contributed by atoms with E-state index in [4.69, 9.17) is 4.74 Å². The minimum atomic E-state index is -5.01. The first-order valence-corrected chi connectivity index (χ1v) is 11.7.